The van der Waals surface area contributed by atoms with E-state index in [0.717, 1.165) is 30.2 Å². The molecule has 36 heavy (non-hydrogen) atoms. The van der Waals surface area contributed by atoms with Gasteiger partial charge in [0.15, 0.2) is 10.9 Å². The molecule has 1 amide bonds. The predicted molar refractivity (Wildman–Crippen MR) is 140 cm³/mol. The topological polar surface area (TPSA) is 73.8 Å². The number of carbonyl (C=O) groups excluding carboxylic acids is 1. The van der Waals surface area contributed by atoms with Gasteiger partial charge in [-0.1, -0.05) is 31.6 Å². The van der Waals surface area contributed by atoms with Crippen LogP contribution in [0.1, 0.15) is 43.5 Å². The Morgan fingerprint density at radius 3 is 2.31 bits per heavy atom. The van der Waals surface area contributed by atoms with Gasteiger partial charge < -0.3 is 4.90 Å². The molecular formula is C25H32F2N4O3S2. The second kappa shape index (κ2) is 12.2. The van der Waals surface area contributed by atoms with Gasteiger partial charge in [-0.25, -0.2) is 22.2 Å². The van der Waals surface area contributed by atoms with E-state index in [1.807, 2.05) is 25.9 Å². The quantitative estimate of drug-likeness (QED) is 0.325. The Balaban J connectivity index is 1.92. The van der Waals surface area contributed by atoms with Crippen LogP contribution in [0.25, 0.3) is 10.2 Å². The largest absolute Gasteiger partial charge is 0.309 e. The highest BCUT2D eigenvalue weighted by Gasteiger charge is 2.25. The molecule has 0 fully saturated rings. The van der Waals surface area contributed by atoms with Gasteiger partial charge in [-0.3, -0.25) is 9.69 Å². The fourth-order valence-corrected chi connectivity index (χ4v) is 6.26. The summed E-state index contributed by atoms with van der Waals surface area (Å²) in [6.07, 6.45) is 2.27. The highest BCUT2D eigenvalue weighted by Crippen LogP contribution is 2.32. The fourth-order valence-electron chi connectivity index (χ4n) is 3.75. The first-order valence-electron chi connectivity index (χ1n) is 11.9. The van der Waals surface area contributed by atoms with Gasteiger partial charge >= 0.3 is 0 Å². The third kappa shape index (κ3) is 6.44. The third-order valence-electron chi connectivity index (χ3n) is 5.72. The molecule has 0 saturated carbocycles. The van der Waals surface area contributed by atoms with E-state index in [1.54, 1.807) is 6.92 Å². The number of sulfonamides is 1. The van der Waals surface area contributed by atoms with Crippen LogP contribution in [0.4, 0.5) is 13.9 Å². The lowest BCUT2D eigenvalue weighted by atomic mass is 10.2. The summed E-state index contributed by atoms with van der Waals surface area (Å²) in [6, 6.07) is 7.79. The molecule has 3 aromatic rings. The number of benzene rings is 2. The molecule has 3 rings (SSSR count). The SMILES string of the molecule is CCCCN(CC)S(=O)(=O)c1ccc(C(=O)N(CCCN(C)C)c2nc3c(F)cc(F)cc3s2)cc1. The van der Waals surface area contributed by atoms with Crippen LogP contribution in [-0.4, -0.2) is 68.8 Å². The summed E-state index contributed by atoms with van der Waals surface area (Å²) in [5, 5.41) is 0.256. The Bertz CT molecular complexity index is 1290. The Labute approximate surface area is 215 Å². The molecule has 1 heterocycles. The van der Waals surface area contributed by atoms with Crippen LogP contribution in [0.5, 0.6) is 0 Å². The molecule has 2 aromatic carbocycles. The van der Waals surface area contributed by atoms with Crippen molar-refractivity contribution in [3.8, 4) is 0 Å². The Kier molecular flexibility index (Phi) is 9.51. The minimum Gasteiger partial charge on any atom is -0.309 e. The number of rotatable bonds is 12. The van der Waals surface area contributed by atoms with E-state index >= 15 is 0 Å². The van der Waals surface area contributed by atoms with E-state index in [2.05, 4.69) is 4.98 Å². The zero-order valence-corrected chi connectivity index (χ0v) is 22.6. The van der Waals surface area contributed by atoms with Crippen LogP contribution in [0.2, 0.25) is 0 Å². The van der Waals surface area contributed by atoms with Crippen molar-refractivity contribution in [3.05, 3.63) is 53.6 Å². The van der Waals surface area contributed by atoms with Crippen molar-refractivity contribution >= 4 is 42.6 Å². The van der Waals surface area contributed by atoms with Gasteiger partial charge in [0, 0.05) is 31.3 Å². The number of carbonyl (C=O) groups is 1. The van der Waals surface area contributed by atoms with Crippen LogP contribution in [-0.2, 0) is 10.0 Å². The van der Waals surface area contributed by atoms with Crippen LogP contribution in [0, 0.1) is 11.6 Å². The zero-order chi connectivity index (χ0) is 26.5. The second-order valence-corrected chi connectivity index (χ2v) is 11.7. The van der Waals surface area contributed by atoms with Crippen molar-refractivity contribution in [2.24, 2.45) is 0 Å². The summed E-state index contributed by atoms with van der Waals surface area (Å²) < 4.78 is 55.8. The van der Waals surface area contributed by atoms with Crippen molar-refractivity contribution in [2.75, 3.05) is 45.2 Å². The molecule has 0 unspecified atom stereocenters. The predicted octanol–water partition coefficient (Wildman–Crippen LogP) is 4.98. The van der Waals surface area contributed by atoms with Crippen molar-refractivity contribution < 1.29 is 22.0 Å². The number of nitrogens with zero attached hydrogens (tertiary/aromatic N) is 4. The second-order valence-electron chi connectivity index (χ2n) is 8.72. The molecular weight excluding hydrogens is 506 g/mol. The maximum atomic E-state index is 14.3. The molecule has 7 nitrogen and oxygen atoms in total. The van der Waals surface area contributed by atoms with Crippen LogP contribution >= 0.6 is 11.3 Å². The summed E-state index contributed by atoms with van der Waals surface area (Å²) in [5.41, 5.74) is 0.288. The minimum absolute atomic E-state index is 0.00925. The van der Waals surface area contributed by atoms with E-state index in [9.17, 15) is 22.0 Å². The normalized spacial score (nSPS) is 12.1. The molecule has 0 aliphatic heterocycles. The van der Waals surface area contributed by atoms with Gasteiger partial charge in [-0.15, -0.1) is 0 Å². The third-order valence-corrected chi connectivity index (χ3v) is 8.73. The number of halogens is 2. The molecule has 0 atom stereocenters. The lowest BCUT2D eigenvalue weighted by molar-refractivity contribution is 0.0986. The number of fused-ring (bicyclic) bond motifs is 1. The number of unbranched alkanes of at least 4 members (excludes halogenated alkanes) is 1. The fraction of sp³-hybridized carbons (Fsp3) is 0.440. The van der Waals surface area contributed by atoms with Crippen LogP contribution < -0.4 is 4.90 Å². The van der Waals surface area contributed by atoms with E-state index in [4.69, 9.17) is 0 Å². The molecule has 0 N–H and O–H groups in total. The van der Waals surface area contributed by atoms with Gasteiger partial charge in [-0.05, 0) is 63.8 Å². The van der Waals surface area contributed by atoms with E-state index in [1.165, 1.54) is 39.5 Å². The van der Waals surface area contributed by atoms with Crippen molar-refractivity contribution in [1.82, 2.24) is 14.2 Å². The van der Waals surface area contributed by atoms with Gasteiger partial charge in [-0.2, -0.15) is 4.31 Å². The number of anilines is 1. The molecule has 196 valence electrons. The number of hydrogen-bond donors (Lipinski definition) is 0. The first kappa shape index (κ1) is 28.1. The number of aromatic nitrogens is 1. The summed E-state index contributed by atoms with van der Waals surface area (Å²) in [5.74, 6) is -1.89. The summed E-state index contributed by atoms with van der Waals surface area (Å²) in [4.78, 5) is 21.3. The maximum Gasteiger partial charge on any atom is 0.260 e. The maximum absolute atomic E-state index is 14.3. The van der Waals surface area contributed by atoms with Gasteiger partial charge in [0.25, 0.3) is 5.91 Å². The van der Waals surface area contributed by atoms with Crippen molar-refractivity contribution in [1.29, 1.82) is 0 Å². The zero-order valence-electron chi connectivity index (χ0n) is 21.0. The average molecular weight is 539 g/mol. The summed E-state index contributed by atoms with van der Waals surface area (Å²) in [7, 11) is 0.163. The molecule has 0 saturated heterocycles. The highest BCUT2D eigenvalue weighted by atomic mass is 32.2. The minimum atomic E-state index is -3.67. The molecule has 0 spiro atoms. The van der Waals surface area contributed by atoms with Crippen LogP contribution in [0.3, 0.4) is 0 Å². The monoisotopic (exact) mass is 538 g/mol. The number of thiazole rings is 1. The molecule has 1 aromatic heterocycles. The first-order chi connectivity index (χ1) is 17.1. The van der Waals surface area contributed by atoms with E-state index < -0.39 is 27.6 Å². The molecule has 0 bridgehead atoms. The van der Waals surface area contributed by atoms with E-state index in [0.29, 0.717) is 37.3 Å². The van der Waals surface area contributed by atoms with Crippen LogP contribution in [0.15, 0.2) is 41.3 Å². The van der Waals surface area contributed by atoms with Gasteiger partial charge in [0.05, 0.1) is 9.60 Å². The summed E-state index contributed by atoms with van der Waals surface area (Å²) >= 11 is 1.04. The van der Waals surface area contributed by atoms with E-state index in [-0.39, 0.29) is 21.1 Å². The van der Waals surface area contributed by atoms with Gasteiger partial charge in [0.2, 0.25) is 10.0 Å². The Hall–Kier alpha value is -2.47. The number of amides is 1. The standard InChI is InChI=1S/C25H32F2N4O3S2/c1-5-7-14-30(6-2)36(33,34)20-11-9-18(10-12-20)24(32)31(15-8-13-29(3)4)25-28-23-21(27)16-19(26)17-22(23)35-25/h9-12,16-17H,5-8,13-15H2,1-4H3. The first-order valence-corrected chi connectivity index (χ1v) is 14.2. The molecule has 0 aliphatic carbocycles. The molecule has 0 aliphatic rings. The average Bonchev–Trinajstić information content (AvgIpc) is 3.25. The van der Waals surface area contributed by atoms with Crippen molar-refractivity contribution in [2.45, 2.75) is 38.0 Å². The molecule has 0 radical (unpaired) electrons. The van der Waals surface area contributed by atoms with Crippen molar-refractivity contribution in [3.63, 3.8) is 0 Å². The lowest BCUT2D eigenvalue weighted by Gasteiger charge is -2.22. The lowest BCUT2D eigenvalue weighted by Crippen LogP contribution is -2.34. The number of hydrogen-bond acceptors (Lipinski definition) is 6. The Morgan fingerprint density at radius 2 is 1.69 bits per heavy atom. The highest BCUT2D eigenvalue weighted by molar-refractivity contribution is 7.89. The smallest absolute Gasteiger partial charge is 0.260 e. The summed E-state index contributed by atoms with van der Waals surface area (Å²) in [6.45, 7) is 5.60. The van der Waals surface area contributed by atoms with Gasteiger partial charge in [0.1, 0.15) is 11.3 Å². The Morgan fingerprint density at radius 1 is 1.00 bits per heavy atom. The molecule has 11 heteroatoms.